The lowest BCUT2D eigenvalue weighted by Gasteiger charge is -2.23. The van der Waals surface area contributed by atoms with E-state index in [1.165, 1.54) is 10.8 Å². The number of carbonyl (C=O) groups excluding carboxylic acids is 1. The lowest BCUT2D eigenvalue weighted by molar-refractivity contribution is 0.106. The second kappa shape index (κ2) is 5.37. The average Bonchev–Trinajstić information content (AvgIpc) is 2.38. The quantitative estimate of drug-likeness (QED) is 0.779. The van der Waals surface area contributed by atoms with Crippen LogP contribution in [-0.2, 0) is 0 Å². The van der Waals surface area contributed by atoms with Crippen LogP contribution in [0.15, 0.2) is 42.5 Å². The molecular weight excluding hydrogens is 260 g/mol. The van der Waals surface area contributed by atoms with E-state index in [1.807, 2.05) is 32.0 Å². The molecule has 0 aliphatic rings. The minimum absolute atomic E-state index is 0.332. The highest BCUT2D eigenvalue weighted by molar-refractivity contribution is 7.14. The minimum Gasteiger partial charge on any atom is -0.300 e. The van der Waals surface area contributed by atoms with Gasteiger partial charge in [0.05, 0.1) is 0 Å². The van der Waals surface area contributed by atoms with E-state index in [9.17, 15) is 4.79 Å². The van der Waals surface area contributed by atoms with E-state index in [2.05, 4.69) is 44.3 Å². The summed E-state index contributed by atoms with van der Waals surface area (Å²) in [5.41, 5.74) is 4.35. The summed E-state index contributed by atoms with van der Waals surface area (Å²) in [7, 11) is -2.14. The molecule has 0 fully saturated rings. The van der Waals surface area contributed by atoms with Gasteiger partial charge in [-0.05, 0) is 31.9 Å². The monoisotopic (exact) mass is 282 g/mol. The van der Waals surface area contributed by atoms with Crippen LogP contribution in [0.4, 0.5) is 0 Å². The van der Waals surface area contributed by atoms with Crippen LogP contribution in [0.2, 0.25) is 13.1 Å². The maximum Gasteiger partial charge on any atom is 0.163 e. The van der Waals surface area contributed by atoms with Crippen molar-refractivity contribution in [3.63, 3.8) is 0 Å². The van der Waals surface area contributed by atoms with Crippen molar-refractivity contribution >= 4 is 18.7 Å². The topological polar surface area (TPSA) is 17.1 Å². The van der Waals surface area contributed by atoms with Gasteiger partial charge in [0.25, 0.3) is 0 Å². The highest BCUT2D eigenvalue weighted by Crippen LogP contribution is 2.21. The molecule has 2 aromatic rings. The summed E-state index contributed by atoms with van der Waals surface area (Å²) in [5, 5.41) is 1.53. The van der Waals surface area contributed by atoms with E-state index in [0.717, 1.165) is 16.7 Å². The Balaban J connectivity index is 2.52. The number of hydrogen-bond acceptors (Lipinski definition) is 1. The minimum atomic E-state index is -2.14. The van der Waals surface area contributed by atoms with Gasteiger partial charge in [0.2, 0.25) is 0 Å². The van der Waals surface area contributed by atoms with E-state index in [0.29, 0.717) is 5.41 Å². The van der Waals surface area contributed by atoms with E-state index < -0.39 is 8.07 Å². The maximum atomic E-state index is 13.1. The molecule has 2 aromatic carbocycles. The third kappa shape index (κ3) is 2.61. The maximum absolute atomic E-state index is 13.1. The molecule has 2 rings (SSSR count). The summed E-state index contributed by atoms with van der Waals surface area (Å²) in [6, 6.07) is 14.4. The van der Waals surface area contributed by atoms with Crippen LogP contribution in [0.1, 0.15) is 27.0 Å². The first kappa shape index (κ1) is 14.7. The second-order valence-corrected chi connectivity index (χ2v) is 10.4. The lowest BCUT2D eigenvalue weighted by atomic mass is 10.0. The number of benzene rings is 2. The van der Waals surface area contributed by atoms with Crippen LogP contribution in [0.25, 0.3) is 0 Å². The van der Waals surface area contributed by atoms with Crippen molar-refractivity contribution in [2.45, 2.75) is 33.9 Å². The summed E-state index contributed by atoms with van der Waals surface area (Å²) in [4.78, 5) is 13.1. The largest absolute Gasteiger partial charge is 0.300 e. The Morgan fingerprint density at radius 3 is 1.90 bits per heavy atom. The Morgan fingerprint density at radius 1 is 0.900 bits per heavy atom. The SMILES string of the molecule is Cc1cc(C)c(C(=O)[Si](C)(C)c2ccccc2)c(C)c1. The molecule has 2 heteroatoms. The molecular formula is C18H22OSi. The van der Waals surface area contributed by atoms with Crippen molar-refractivity contribution in [1.29, 1.82) is 0 Å². The first-order valence-corrected chi connectivity index (χ1v) is 10.0. The van der Waals surface area contributed by atoms with Gasteiger partial charge in [0.15, 0.2) is 8.07 Å². The molecule has 20 heavy (non-hydrogen) atoms. The molecule has 0 saturated heterocycles. The smallest absolute Gasteiger partial charge is 0.163 e. The van der Waals surface area contributed by atoms with Crippen molar-refractivity contribution in [3.05, 3.63) is 64.7 Å². The van der Waals surface area contributed by atoms with Crippen molar-refractivity contribution in [2.75, 3.05) is 0 Å². The third-order valence-corrected chi connectivity index (χ3v) is 7.13. The fourth-order valence-electron chi connectivity index (χ4n) is 2.84. The predicted molar refractivity (Wildman–Crippen MR) is 88.5 cm³/mol. The molecule has 0 radical (unpaired) electrons. The molecule has 0 N–H and O–H groups in total. The third-order valence-electron chi connectivity index (χ3n) is 3.97. The van der Waals surface area contributed by atoms with Gasteiger partial charge in [-0.2, -0.15) is 0 Å². The highest BCUT2D eigenvalue weighted by Gasteiger charge is 2.34. The Morgan fingerprint density at radius 2 is 1.40 bits per heavy atom. The van der Waals surface area contributed by atoms with Gasteiger partial charge in [0.1, 0.15) is 5.41 Å². The predicted octanol–water partition coefficient (Wildman–Crippen LogP) is 3.95. The Bertz CT molecular complexity index is 619. The fourth-order valence-corrected chi connectivity index (χ4v) is 5.14. The Hall–Kier alpha value is -1.67. The van der Waals surface area contributed by atoms with Crippen LogP contribution >= 0.6 is 0 Å². The van der Waals surface area contributed by atoms with Gasteiger partial charge in [-0.15, -0.1) is 0 Å². The van der Waals surface area contributed by atoms with Gasteiger partial charge < -0.3 is 0 Å². The summed E-state index contributed by atoms with van der Waals surface area (Å²) in [5.74, 6) is 0. The van der Waals surface area contributed by atoms with Crippen LogP contribution < -0.4 is 5.19 Å². The fraction of sp³-hybridized carbons (Fsp3) is 0.278. The number of rotatable bonds is 3. The van der Waals surface area contributed by atoms with E-state index in [4.69, 9.17) is 0 Å². The standard InChI is InChI=1S/C18H22OSi/c1-13-11-14(2)17(15(3)12-13)18(19)20(4,5)16-9-7-6-8-10-16/h6-12H,1-5H3. The van der Waals surface area contributed by atoms with Gasteiger partial charge in [0, 0.05) is 5.56 Å². The molecule has 0 bridgehead atoms. The molecule has 0 aromatic heterocycles. The summed E-state index contributed by atoms with van der Waals surface area (Å²) in [6.07, 6.45) is 0. The molecule has 1 nitrogen and oxygen atoms in total. The van der Waals surface area contributed by atoms with E-state index >= 15 is 0 Å². The van der Waals surface area contributed by atoms with Crippen LogP contribution in [-0.4, -0.2) is 13.5 Å². The van der Waals surface area contributed by atoms with Crippen LogP contribution in [0.5, 0.6) is 0 Å². The average molecular weight is 282 g/mol. The highest BCUT2D eigenvalue weighted by atomic mass is 28.3. The number of hydrogen-bond donors (Lipinski definition) is 0. The molecule has 0 unspecified atom stereocenters. The van der Waals surface area contributed by atoms with Crippen molar-refractivity contribution < 1.29 is 4.79 Å². The molecule has 0 atom stereocenters. The second-order valence-electron chi connectivity index (χ2n) is 6.09. The van der Waals surface area contributed by atoms with Gasteiger partial charge in [-0.25, -0.2) is 0 Å². The van der Waals surface area contributed by atoms with Gasteiger partial charge in [-0.3, -0.25) is 4.79 Å². The molecule has 0 saturated carbocycles. The van der Waals surface area contributed by atoms with Gasteiger partial charge >= 0.3 is 0 Å². The number of aryl methyl sites for hydroxylation is 3. The molecule has 0 spiro atoms. The Labute approximate surface area is 122 Å². The zero-order valence-corrected chi connectivity index (χ0v) is 13.9. The zero-order valence-electron chi connectivity index (χ0n) is 12.9. The zero-order chi connectivity index (χ0) is 14.9. The molecule has 0 aliphatic heterocycles. The van der Waals surface area contributed by atoms with E-state index in [1.54, 1.807) is 0 Å². The van der Waals surface area contributed by atoms with Crippen molar-refractivity contribution in [3.8, 4) is 0 Å². The van der Waals surface area contributed by atoms with Gasteiger partial charge in [-0.1, -0.05) is 66.3 Å². The summed E-state index contributed by atoms with van der Waals surface area (Å²) in [6.45, 7) is 10.5. The lowest BCUT2D eigenvalue weighted by Crippen LogP contribution is -2.50. The summed E-state index contributed by atoms with van der Waals surface area (Å²) < 4.78 is 0. The molecule has 0 amide bonds. The first-order valence-electron chi connectivity index (χ1n) is 7.02. The van der Waals surface area contributed by atoms with Crippen molar-refractivity contribution in [1.82, 2.24) is 0 Å². The number of carbonyl (C=O) groups is 1. The molecule has 104 valence electrons. The van der Waals surface area contributed by atoms with Crippen LogP contribution in [0, 0.1) is 20.8 Å². The molecule has 0 aliphatic carbocycles. The first-order chi connectivity index (χ1) is 9.34. The van der Waals surface area contributed by atoms with Crippen LogP contribution in [0.3, 0.4) is 0 Å². The van der Waals surface area contributed by atoms with Crippen molar-refractivity contribution in [2.24, 2.45) is 0 Å². The normalized spacial score (nSPS) is 11.4. The summed E-state index contributed by atoms with van der Waals surface area (Å²) >= 11 is 0. The molecule has 0 heterocycles. The van der Waals surface area contributed by atoms with E-state index in [-0.39, 0.29) is 0 Å². The Kier molecular flexibility index (Phi) is 3.96.